The van der Waals surface area contributed by atoms with Crippen LogP contribution in [0.15, 0.2) is 23.1 Å². The molecule has 1 aliphatic heterocycles. The SMILES string of the molecule is O=C1Cc2ccc(SS)cc2N1. The molecule has 1 aliphatic rings. The Balaban J connectivity index is 2.41. The molecule has 0 fully saturated rings. The third-order valence-corrected chi connectivity index (χ3v) is 2.91. The van der Waals surface area contributed by atoms with Gasteiger partial charge in [-0.15, -0.1) is 11.7 Å². The minimum atomic E-state index is 0.0753. The quantitative estimate of drug-likeness (QED) is 0.533. The maximum Gasteiger partial charge on any atom is 0.228 e. The Labute approximate surface area is 79.5 Å². The van der Waals surface area contributed by atoms with Gasteiger partial charge in [-0.05, 0) is 17.7 Å². The molecule has 0 atom stereocenters. The summed E-state index contributed by atoms with van der Waals surface area (Å²) in [5.74, 6) is 0.0753. The number of fused-ring (bicyclic) bond motifs is 1. The zero-order valence-electron chi connectivity index (χ0n) is 6.20. The van der Waals surface area contributed by atoms with Crippen molar-refractivity contribution in [2.75, 3.05) is 5.32 Å². The lowest BCUT2D eigenvalue weighted by molar-refractivity contribution is -0.115. The van der Waals surface area contributed by atoms with Crippen molar-refractivity contribution < 1.29 is 4.79 Å². The Kier molecular flexibility index (Phi) is 2.02. The van der Waals surface area contributed by atoms with Crippen molar-refractivity contribution >= 4 is 34.0 Å². The van der Waals surface area contributed by atoms with E-state index in [-0.39, 0.29) is 5.91 Å². The average molecular weight is 197 g/mol. The average Bonchev–Trinajstić information content (AvgIpc) is 2.43. The van der Waals surface area contributed by atoms with Crippen molar-refractivity contribution in [3.8, 4) is 0 Å². The summed E-state index contributed by atoms with van der Waals surface area (Å²) in [6, 6.07) is 5.88. The number of carbonyl (C=O) groups is 1. The van der Waals surface area contributed by atoms with Gasteiger partial charge >= 0.3 is 0 Å². The second-order valence-corrected chi connectivity index (χ2v) is 3.84. The molecule has 2 rings (SSSR count). The lowest BCUT2D eigenvalue weighted by Gasteiger charge is -1.99. The van der Waals surface area contributed by atoms with Gasteiger partial charge < -0.3 is 5.32 Å². The van der Waals surface area contributed by atoms with Crippen molar-refractivity contribution in [2.24, 2.45) is 0 Å². The van der Waals surface area contributed by atoms with Crippen molar-refractivity contribution in [3.63, 3.8) is 0 Å². The molecule has 12 heavy (non-hydrogen) atoms. The normalized spacial score (nSPS) is 14.2. The lowest BCUT2D eigenvalue weighted by atomic mass is 10.2. The smallest absolute Gasteiger partial charge is 0.228 e. The van der Waals surface area contributed by atoms with E-state index in [2.05, 4.69) is 17.0 Å². The number of carbonyl (C=O) groups excluding carboxylic acids is 1. The predicted octanol–water partition coefficient (Wildman–Crippen LogP) is 2.12. The van der Waals surface area contributed by atoms with Crippen LogP contribution in [0, 0.1) is 0 Å². The van der Waals surface area contributed by atoms with E-state index in [1.165, 1.54) is 10.8 Å². The molecule has 0 aromatic heterocycles. The number of rotatable bonds is 1. The second kappa shape index (κ2) is 3.03. The van der Waals surface area contributed by atoms with Crippen LogP contribution >= 0.6 is 22.5 Å². The topological polar surface area (TPSA) is 29.1 Å². The Morgan fingerprint density at radius 2 is 2.33 bits per heavy atom. The van der Waals surface area contributed by atoms with E-state index in [9.17, 15) is 4.79 Å². The number of thiol groups is 1. The number of anilines is 1. The second-order valence-electron chi connectivity index (χ2n) is 2.64. The fourth-order valence-electron chi connectivity index (χ4n) is 1.25. The van der Waals surface area contributed by atoms with Crippen LogP contribution in [0.2, 0.25) is 0 Å². The molecule has 1 amide bonds. The first-order chi connectivity index (χ1) is 5.79. The van der Waals surface area contributed by atoms with Crippen LogP contribution in [0.5, 0.6) is 0 Å². The van der Waals surface area contributed by atoms with Crippen molar-refractivity contribution in [3.05, 3.63) is 23.8 Å². The number of amides is 1. The van der Waals surface area contributed by atoms with E-state index in [0.717, 1.165) is 16.1 Å². The van der Waals surface area contributed by atoms with Crippen LogP contribution in [-0.2, 0) is 11.2 Å². The highest BCUT2D eigenvalue weighted by Crippen LogP contribution is 2.29. The summed E-state index contributed by atoms with van der Waals surface area (Å²) in [6.07, 6.45) is 0.507. The summed E-state index contributed by atoms with van der Waals surface area (Å²) in [4.78, 5) is 12.0. The highest BCUT2D eigenvalue weighted by molar-refractivity contribution is 8.68. The van der Waals surface area contributed by atoms with Crippen molar-refractivity contribution in [1.29, 1.82) is 0 Å². The monoisotopic (exact) mass is 197 g/mol. The Morgan fingerprint density at radius 3 is 3.08 bits per heavy atom. The molecule has 0 aliphatic carbocycles. The van der Waals surface area contributed by atoms with Gasteiger partial charge in [-0.2, -0.15) is 0 Å². The summed E-state index contributed by atoms with van der Waals surface area (Å²) >= 11 is 4.08. The van der Waals surface area contributed by atoms with Crippen LogP contribution < -0.4 is 5.32 Å². The summed E-state index contributed by atoms with van der Waals surface area (Å²) in [7, 11) is 1.38. The number of hydrogen-bond donors (Lipinski definition) is 2. The molecular formula is C8H7NOS2. The molecule has 1 aromatic carbocycles. The van der Waals surface area contributed by atoms with Crippen LogP contribution in [0.4, 0.5) is 5.69 Å². The zero-order valence-corrected chi connectivity index (χ0v) is 7.91. The lowest BCUT2D eigenvalue weighted by Crippen LogP contribution is -2.03. The molecule has 1 aromatic rings. The Hall–Kier alpha value is -0.610. The van der Waals surface area contributed by atoms with Crippen molar-refractivity contribution in [1.82, 2.24) is 0 Å². The van der Waals surface area contributed by atoms with Gasteiger partial charge in [0.25, 0.3) is 0 Å². The Bertz CT molecular complexity index is 338. The van der Waals surface area contributed by atoms with Gasteiger partial charge in [0.1, 0.15) is 0 Å². The van der Waals surface area contributed by atoms with E-state index in [0.29, 0.717) is 6.42 Å². The molecule has 62 valence electrons. The summed E-state index contributed by atoms with van der Waals surface area (Å²) in [5.41, 5.74) is 2.00. The maximum atomic E-state index is 11.0. The number of benzene rings is 1. The highest BCUT2D eigenvalue weighted by atomic mass is 33.1. The zero-order chi connectivity index (χ0) is 8.55. The largest absolute Gasteiger partial charge is 0.325 e. The van der Waals surface area contributed by atoms with E-state index in [1.807, 2.05) is 18.2 Å². The third-order valence-electron chi connectivity index (χ3n) is 1.81. The van der Waals surface area contributed by atoms with E-state index >= 15 is 0 Å². The molecule has 0 saturated heterocycles. The standard InChI is InChI=1S/C8H7NOS2/c10-8-3-5-1-2-6(12-11)4-7(5)9-8/h1-2,4,11H,3H2,(H,9,10). The number of nitrogens with one attached hydrogen (secondary N) is 1. The first-order valence-electron chi connectivity index (χ1n) is 3.54. The van der Waals surface area contributed by atoms with E-state index in [4.69, 9.17) is 0 Å². The van der Waals surface area contributed by atoms with Crippen LogP contribution in [0.1, 0.15) is 5.56 Å². The molecule has 0 unspecified atom stereocenters. The van der Waals surface area contributed by atoms with Gasteiger partial charge in [0.05, 0.1) is 6.42 Å². The molecule has 1 heterocycles. The first-order valence-corrected chi connectivity index (χ1v) is 5.40. The molecule has 4 heteroatoms. The van der Waals surface area contributed by atoms with Gasteiger partial charge in [0.15, 0.2) is 0 Å². The van der Waals surface area contributed by atoms with Gasteiger partial charge in [-0.25, -0.2) is 0 Å². The minimum absolute atomic E-state index is 0.0753. The molecule has 0 saturated carbocycles. The van der Waals surface area contributed by atoms with Crippen LogP contribution in [-0.4, -0.2) is 5.91 Å². The van der Waals surface area contributed by atoms with Gasteiger partial charge in [-0.3, -0.25) is 4.79 Å². The molecule has 0 radical (unpaired) electrons. The van der Waals surface area contributed by atoms with Gasteiger partial charge in [-0.1, -0.05) is 16.9 Å². The third kappa shape index (κ3) is 1.32. The number of hydrogen-bond acceptors (Lipinski definition) is 3. The van der Waals surface area contributed by atoms with Crippen LogP contribution in [0.25, 0.3) is 0 Å². The first kappa shape index (κ1) is 8.01. The summed E-state index contributed by atoms with van der Waals surface area (Å²) < 4.78 is 0. The van der Waals surface area contributed by atoms with E-state index in [1.54, 1.807) is 0 Å². The van der Waals surface area contributed by atoms with Gasteiger partial charge in [0.2, 0.25) is 5.91 Å². The molecule has 0 spiro atoms. The van der Waals surface area contributed by atoms with E-state index < -0.39 is 0 Å². The predicted molar refractivity (Wildman–Crippen MR) is 53.6 cm³/mol. The highest BCUT2D eigenvalue weighted by Gasteiger charge is 2.16. The molecular weight excluding hydrogens is 190 g/mol. The molecule has 2 nitrogen and oxygen atoms in total. The summed E-state index contributed by atoms with van der Waals surface area (Å²) in [6.45, 7) is 0. The fourth-order valence-corrected chi connectivity index (χ4v) is 1.89. The van der Waals surface area contributed by atoms with Crippen molar-refractivity contribution in [2.45, 2.75) is 11.3 Å². The molecule has 1 N–H and O–H groups in total. The van der Waals surface area contributed by atoms with Gasteiger partial charge in [0, 0.05) is 10.6 Å². The molecule has 0 bridgehead atoms. The fraction of sp³-hybridized carbons (Fsp3) is 0.125. The summed E-state index contributed by atoms with van der Waals surface area (Å²) in [5, 5.41) is 2.79. The maximum absolute atomic E-state index is 11.0. The Morgan fingerprint density at radius 1 is 1.50 bits per heavy atom. The minimum Gasteiger partial charge on any atom is -0.325 e. The van der Waals surface area contributed by atoms with Crippen LogP contribution in [0.3, 0.4) is 0 Å².